The van der Waals surface area contributed by atoms with Gasteiger partial charge < -0.3 is 14.9 Å². The minimum Gasteiger partial charge on any atom is -0.507 e. The average molecular weight is 455 g/mol. The average Bonchev–Trinajstić information content (AvgIpc) is 3.35. The van der Waals surface area contributed by atoms with Gasteiger partial charge >= 0.3 is 0 Å². The summed E-state index contributed by atoms with van der Waals surface area (Å²) in [6.07, 6.45) is 0. The van der Waals surface area contributed by atoms with E-state index in [0.717, 1.165) is 29.1 Å². The van der Waals surface area contributed by atoms with Crippen molar-refractivity contribution in [3.05, 3.63) is 62.9 Å². The van der Waals surface area contributed by atoms with Crippen molar-refractivity contribution in [1.29, 1.82) is 0 Å². The number of likely N-dealkylation sites (N-methyl/N-ethyl adjacent to an activating group) is 1. The van der Waals surface area contributed by atoms with Crippen LogP contribution >= 0.6 is 11.3 Å². The number of likely N-dealkylation sites (tertiary alicyclic amines) is 1. The van der Waals surface area contributed by atoms with Gasteiger partial charge in [0.25, 0.3) is 11.7 Å². The first-order chi connectivity index (χ1) is 15.1. The van der Waals surface area contributed by atoms with Gasteiger partial charge in [-0.05, 0) is 54.1 Å². The summed E-state index contributed by atoms with van der Waals surface area (Å²) in [5, 5.41) is 13.3. The van der Waals surface area contributed by atoms with E-state index in [0.29, 0.717) is 18.7 Å². The molecule has 2 heterocycles. The van der Waals surface area contributed by atoms with E-state index < -0.39 is 17.7 Å². The van der Waals surface area contributed by atoms with Crippen molar-refractivity contribution < 1.29 is 14.7 Å². The fourth-order valence-electron chi connectivity index (χ4n) is 4.13. The maximum absolute atomic E-state index is 13.2. The van der Waals surface area contributed by atoms with Crippen molar-refractivity contribution in [1.82, 2.24) is 9.80 Å². The molecule has 1 saturated heterocycles. The van der Waals surface area contributed by atoms with E-state index in [9.17, 15) is 14.7 Å². The van der Waals surface area contributed by atoms with E-state index in [-0.39, 0.29) is 16.7 Å². The Bertz CT molecular complexity index is 1010. The third-order valence-electron chi connectivity index (χ3n) is 6.26. The van der Waals surface area contributed by atoms with E-state index in [1.165, 1.54) is 11.3 Å². The highest BCUT2D eigenvalue weighted by Crippen LogP contribution is 2.41. The van der Waals surface area contributed by atoms with Crippen LogP contribution in [0.3, 0.4) is 0 Å². The van der Waals surface area contributed by atoms with Gasteiger partial charge in [-0.1, -0.05) is 52.8 Å². The quantitative estimate of drug-likeness (QED) is 0.358. The maximum Gasteiger partial charge on any atom is 0.295 e. The van der Waals surface area contributed by atoms with Crippen LogP contribution in [-0.2, 0) is 15.0 Å². The first-order valence-electron chi connectivity index (χ1n) is 11.3. The Kier molecular flexibility index (Phi) is 7.25. The molecule has 0 bridgehead atoms. The zero-order chi connectivity index (χ0) is 23.6. The number of nitrogens with zero attached hydrogens (tertiary/aromatic N) is 2. The lowest BCUT2D eigenvalue weighted by Gasteiger charge is -2.27. The molecule has 5 nitrogen and oxygen atoms in total. The van der Waals surface area contributed by atoms with Crippen LogP contribution in [0.4, 0.5) is 0 Å². The van der Waals surface area contributed by atoms with Gasteiger partial charge in [0.1, 0.15) is 5.76 Å². The minimum atomic E-state index is -0.610. The molecule has 1 unspecified atom stereocenters. The lowest BCUT2D eigenvalue weighted by Crippen LogP contribution is -2.37. The Labute approximate surface area is 195 Å². The molecule has 0 aliphatic carbocycles. The number of carbonyl (C=O) groups is 2. The monoisotopic (exact) mass is 454 g/mol. The summed E-state index contributed by atoms with van der Waals surface area (Å²) in [7, 11) is 0. The number of hydrogen-bond donors (Lipinski definition) is 1. The number of carbonyl (C=O) groups excluding carboxylic acids is 2. The zero-order valence-electron chi connectivity index (χ0n) is 19.9. The van der Waals surface area contributed by atoms with Crippen LogP contribution in [0.2, 0.25) is 0 Å². The Morgan fingerprint density at radius 1 is 1.16 bits per heavy atom. The van der Waals surface area contributed by atoms with E-state index in [4.69, 9.17) is 0 Å². The van der Waals surface area contributed by atoms with Gasteiger partial charge in [0, 0.05) is 23.5 Å². The summed E-state index contributed by atoms with van der Waals surface area (Å²) < 4.78 is 0. The van der Waals surface area contributed by atoms with Crippen LogP contribution in [-0.4, -0.2) is 52.8 Å². The van der Waals surface area contributed by atoms with Gasteiger partial charge in [-0.2, -0.15) is 0 Å². The van der Waals surface area contributed by atoms with Crippen LogP contribution in [0.5, 0.6) is 0 Å². The van der Waals surface area contributed by atoms with Gasteiger partial charge in [-0.25, -0.2) is 0 Å². The van der Waals surface area contributed by atoms with E-state index in [1.807, 2.05) is 42.6 Å². The second-order valence-electron chi connectivity index (χ2n) is 9.31. The third-order valence-corrected chi connectivity index (χ3v) is 7.19. The zero-order valence-corrected chi connectivity index (χ0v) is 20.8. The van der Waals surface area contributed by atoms with Crippen molar-refractivity contribution in [2.75, 3.05) is 26.2 Å². The van der Waals surface area contributed by atoms with E-state index >= 15 is 0 Å². The molecule has 1 fully saturated rings. The lowest BCUT2D eigenvalue weighted by molar-refractivity contribution is -0.140. The fraction of sp³-hybridized carbons (Fsp3) is 0.462. The molecule has 3 rings (SSSR count). The maximum atomic E-state index is 13.2. The van der Waals surface area contributed by atoms with E-state index in [2.05, 4.69) is 39.5 Å². The highest BCUT2D eigenvalue weighted by Gasteiger charge is 2.46. The Hall–Kier alpha value is -2.44. The standard InChI is InChI=1S/C26H34N2O3S/c1-7-27(8-2)13-14-28-22(20-10-9-15-32-20)21(24(30)25(28)31)23(29)19-16-18(26(4,5)6)12-11-17(19)3/h9-12,15-16,22,29H,7-8,13-14H2,1-6H3/b23-21+. The molecule has 172 valence electrons. The number of amides is 1. The number of thiophene rings is 1. The van der Waals surface area contributed by atoms with Crippen LogP contribution in [0.1, 0.15) is 62.2 Å². The van der Waals surface area contributed by atoms with Crippen LogP contribution in [0, 0.1) is 6.92 Å². The number of benzene rings is 1. The smallest absolute Gasteiger partial charge is 0.295 e. The molecule has 1 aromatic heterocycles. The van der Waals surface area contributed by atoms with Gasteiger partial charge in [0.15, 0.2) is 0 Å². The summed E-state index contributed by atoms with van der Waals surface area (Å²) >= 11 is 1.50. The molecule has 1 aliphatic heterocycles. The van der Waals surface area contributed by atoms with Crippen LogP contribution < -0.4 is 0 Å². The molecule has 0 spiro atoms. The topological polar surface area (TPSA) is 60.9 Å². The molecule has 0 radical (unpaired) electrons. The van der Waals surface area contributed by atoms with Crippen molar-refractivity contribution in [3.8, 4) is 0 Å². The van der Waals surface area contributed by atoms with Gasteiger partial charge in [0.2, 0.25) is 0 Å². The second-order valence-corrected chi connectivity index (χ2v) is 10.3. The molecule has 1 N–H and O–H groups in total. The lowest BCUT2D eigenvalue weighted by atomic mass is 9.84. The first-order valence-corrected chi connectivity index (χ1v) is 12.1. The Balaban J connectivity index is 2.12. The SMILES string of the molecule is CCN(CC)CCN1C(=O)C(=O)/C(=C(/O)c2cc(C(C)(C)C)ccc2C)C1c1cccs1. The fourth-order valence-corrected chi connectivity index (χ4v) is 4.98. The summed E-state index contributed by atoms with van der Waals surface area (Å²) in [5.74, 6) is -1.24. The summed E-state index contributed by atoms with van der Waals surface area (Å²) in [5.41, 5.74) is 2.63. The van der Waals surface area contributed by atoms with Crippen LogP contribution in [0.15, 0.2) is 41.3 Å². The first kappa shape index (κ1) is 24.2. The van der Waals surface area contributed by atoms with Crippen molar-refractivity contribution in [3.63, 3.8) is 0 Å². The van der Waals surface area contributed by atoms with Gasteiger partial charge in [-0.3, -0.25) is 9.59 Å². The molecule has 1 aliphatic rings. The molecule has 0 saturated carbocycles. The molecule has 6 heteroatoms. The molecule has 1 atom stereocenters. The number of aliphatic hydroxyl groups is 1. The Morgan fingerprint density at radius 2 is 1.84 bits per heavy atom. The highest BCUT2D eigenvalue weighted by molar-refractivity contribution is 7.10. The van der Waals surface area contributed by atoms with Crippen molar-refractivity contribution in [2.24, 2.45) is 0 Å². The summed E-state index contributed by atoms with van der Waals surface area (Å²) in [6, 6.07) is 9.23. The Morgan fingerprint density at radius 3 is 2.41 bits per heavy atom. The predicted molar refractivity (Wildman–Crippen MR) is 131 cm³/mol. The van der Waals surface area contributed by atoms with Crippen molar-refractivity contribution in [2.45, 2.75) is 53.0 Å². The molecule has 2 aromatic rings. The number of ketones is 1. The molecule has 32 heavy (non-hydrogen) atoms. The van der Waals surface area contributed by atoms with E-state index in [1.54, 1.807) is 4.90 Å². The number of Topliss-reactive ketones (excluding diaryl/α,β-unsaturated/α-hetero) is 1. The third kappa shape index (κ3) is 4.66. The van der Waals surface area contributed by atoms with Crippen molar-refractivity contribution >= 4 is 28.8 Å². The number of hydrogen-bond acceptors (Lipinski definition) is 5. The molecule has 1 aromatic carbocycles. The van der Waals surface area contributed by atoms with Gasteiger partial charge in [-0.15, -0.1) is 11.3 Å². The van der Waals surface area contributed by atoms with Gasteiger partial charge in [0.05, 0.1) is 11.6 Å². The molecular formula is C26H34N2O3S. The number of aryl methyl sites for hydroxylation is 1. The number of rotatable bonds is 7. The summed E-state index contributed by atoms with van der Waals surface area (Å²) in [4.78, 5) is 31.0. The minimum absolute atomic E-state index is 0.0873. The predicted octanol–water partition coefficient (Wildman–Crippen LogP) is 5.12. The number of aliphatic hydroxyl groups excluding tert-OH is 1. The molecular weight excluding hydrogens is 420 g/mol. The normalized spacial score (nSPS) is 18.7. The molecule has 1 amide bonds. The van der Waals surface area contributed by atoms with Crippen LogP contribution in [0.25, 0.3) is 5.76 Å². The largest absolute Gasteiger partial charge is 0.507 e. The highest BCUT2D eigenvalue weighted by atomic mass is 32.1. The summed E-state index contributed by atoms with van der Waals surface area (Å²) in [6.45, 7) is 15.3. The second kappa shape index (κ2) is 9.59.